The number of rotatable bonds is 5. The van der Waals surface area contributed by atoms with Gasteiger partial charge in [-0.3, -0.25) is 4.79 Å². The molecule has 0 heterocycles. The Labute approximate surface area is 124 Å². The van der Waals surface area contributed by atoms with E-state index in [9.17, 15) is 4.79 Å². The van der Waals surface area contributed by atoms with Gasteiger partial charge < -0.3 is 9.47 Å². The van der Waals surface area contributed by atoms with E-state index in [-0.39, 0.29) is 0 Å². The van der Waals surface area contributed by atoms with Crippen LogP contribution in [0.15, 0.2) is 73.5 Å². The molecule has 2 aromatic carbocycles. The standard InChI is InChI=1S/C18H16O3/c1-3-20-17(15-10-6-4-7-11-15)18(21-14(2)19)16-12-8-5-9-13-16/h3-13H,1H2,2H3/b18-17+. The van der Waals surface area contributed by atoms with Gasteiger partial charge in [0.05, 0.1) is 6.26 Å². The van der Waals surface area contributed by atoms with Crippen LogP contribution in [0.5, 0.6) is 0 Å². The van der Waals surface area contributed by atoms with Crippen LogP contribution in [0.2, 0.25) is 0 Å². The van der Waals surface area contributed by atoms with Crippen molar-refractivity contribution in [3.63, 3.8) is 0 Å². The van der Waals surface area contributed by atoms with E-state index in [0.717, 1.165) is 11.1 Å². The number of hydrogen-bond acceptors (Lipinski definition) is 3. The molecule has 0 aliphatic heterocycles. The minimum Gasteiger partial charge on any atom is -0.461 e. The Hall–Kier alpha value is -2.81. The Morgan fingerprint density at radius 2 is 1.38 bits per heavy atom. The summed E-state index contributed by atoms with van der Waals surface area (Å²) in [6.07, 6.45) is 1.31. The van der Waals surface area contributed by atoms with Crippen molar-refractivity contribution in [2.45, 2.75) is 6.92 Å². The summed E-state index contributed by atoms with van der Waals surface area (Å²) in [7, 11) is 0. The highest BCUT2D eigenvalue weighted by Crippen LogP contribution is 2.28. The van der Waals surface area contributed by atoms with E-state index in [1.165, 1.54) is 13.2 Å². The van der Waals surface area contributed by atoms with Gasteiger partial charge in [0.15, 0.2) is 11.5 Å². The highest BCUT2D eigenvalue weighted by molar-refractivity contribution is 5.89. The van der Waals surface area contributed by atoms with Gasteiger partial charge in [-0.1, -0.05) is 67.2 Å². The number of ether oxygens (including phenoxy) is 2. The lowest BCUT2D eigenvalue weighted by molar-refractivity contribution is -0.134. The van der Waals surface area contributed by atoms with Crippen molar-refractivity contribution >= 4 is 17.5 Å². The molecule has 21 heavy (non-hydrogen) atoms. The molecular weight excluding hydrogens is 264 g/mol. The van der Waals surface area contributed by atoms with E-state index in [1.54, 1.807) is 0 Å². The number of hydrogen-bond donors (Lipinski definition) is 0. The number of esters is 1. The molecular formula is C18H16O3. The molecule has 0 atom stereocenters. The SMILES string of the molecule is C=CO/C(=C(/OC(C)=O)c1ccccc1)c1ccccc1. The third kappa shape index (κ3) is 3.83. The van der Waals surface area contributed by atoms with Crippen LogP contribution in [0.3, 0.4) is 0 Å². The zero-order chi connectivity index (χ0) is 15.1. The molecule has 0 N–H and O–H groups in total. The summed E-state index contributed by atoms with van der Waals surface area (Å²) in [4.78, 5) is 11.4. The van der Waals surface area contributed by atoms with Crippen molar-refractivity contribution in [3.05, 3.63) is 84.6 Å². The fourth-order valence-corrected chi connectivity index (χ4v) is 1.90. The molecule has 0 aliphatic carbocycles. The minimum absolute atomic E-state index is 0.370. The zero-order valence-electron chi connectivity index (χ0n) is 11.8. The lowest BCUT2D eigenvalue weighted by atomic mass is 10.1. The van der Waals surface area contributed by atoms with Crippen LogP contribution >= 0.6 is 0 Å². The summed E-state index contributed by atoms with van der Waals surface area (Å²) in [6, 6.07) is 18.8. The van der Waals surface area contributed by atoms with E-state index in [0.29, 0.717) is 11.5 Å². The predicted molar refractivity (Wildman–Crippen MR) is 82.7 cm³/mol. The molecule has 0 unspecified atom stereocenters. The topological polar surface area (TPSA) is 35.5 Å². The number of carbonyl (C=O) groups is 1. The first-order valence-electron chi connectivity index (χ1n) is 6.53. The summed E-state index contributed by atoms with van der Waals surface area (Å²) >= 11 is 0. The van der Waals surface area contributed by atoms with Crippen LogP contribution in [0.25, 0.3) is 11.5 Å². The van der Waals surface area contributed by atoms with Crippen LogP contribution in [0.4, 0.5) is 0 Å². The Balaban J connectivity index is 2.61. The molecule has 0 amide bonds. The average Bonchev–Trinajstić information content (AvgIpc) is 2.52. The highest BCUT2D eigenvalue weighted by Gasteiger charge is 2.16. The van der Waals surface area contributed by atoms with Crippen molar-refractivity contribution in [1.82, 2.24) is 0 Å². The molecule has 0 radical (unpaired) electrons. The van der Waals surface area contributed by atoms with Crippen molar-refractivity contribution in [3.8, 4) is 0 Å². The lowest BCUT2D eigenvalue weighted by Crippen LogP contribution is -2.03. The van der Waals surface area contributed by atoms with Gasteiger partial charge >= 0.3 is 5.97 Å². The van der Waals surface area contributed by atoms with Crippen LogP contribution in [-0.2, 0) is 14.3 Å². The van der Waals surface area contributed by atoms with E-state index < -0.39 is 5.97 Å². The van der Waals surface area contributed by atoms with Gasteiger partial charge in [-0.25, -0.2) is 0 Å². The van der Waals surface area contributed by atoms with Crippen LogP contribution in [-0.4, -0.2) is 5.97 Å². The van der Waals surface area contributed by atoms with Gasteiger partial charge in [0, 0.05) is 18.1 Å². The molecule has 106 valence electrons. The Bertz CT molecular complexity index is 643. The van der Waals surface area contributed by atoms with E-state index in [1.807, 2.05) is 60.7 Å². The summed E-state index contributed by atoms with van der Waals surface area (Å²) in [5.41, 5.74) is 1.56. The Kier molecular flexibility index (Phi) is 4.94. The molecule has 3 nitrogen and oxygen atoms in total. The maximum Gasteiger partial charge on any atom is 0.308 e. The number of benzene rings is 2. The van der Waals surface area contributed by atoms with Crippen molar-refractivity contribution < 1.29 is 14.3 Å². The lowest BCUT2D eigenvalue weighted by Gasteiger charge is -2.14. The van der Waals surface area contributed by atoms with Gasteiger partial charge in [0.1, 0.15) is 0 Å². The largest absolute Gasteiger partial charge is 0.461 e. The fourth-order valence-electron chi connectivity index (χ4n) is 1.90. The monoisotopic (exact) mass is 280 g/mol. The third-order valence-corrected chi connectivity index (χ3v) is 2.73. The Morgan fingerprint density at radius 1 is 0.905 bits per heavy atom. The molecule has 0 saturated heterocycles. The van der Waals surface area contributed by atoms with Gasteiger partial charge in [0.2, 0.25) is 0 Å². The molecule has 0 bridgehead atoms. The molecule has 3 heteroatoms. The van der Waals surface area contributed by atoms with E-state index in [4.69, 9.17) is 9.47 Å². The van der Waals surface area contributed by atoms with Crippen molar-refractivity contribution in [2.24, 2.45) is 0 Å². The first-order valence-corrected chi connectivity index (χ1v) is 6.53. The van der Waals surface area contributed by atoms with Gasteiger partial charge in [0.25, 0.3) is 0 Å². The second-order valence-electron chi connectivity index (χ2n) is 4.27. The summed E-state index contributed by atoms with van der Waals surface area (Å²) in [5.74, 6) is 0.413. The Morgan fingerprint density at radius 3 is 1.81 bits per heavy atom. The van der Waals surface area contributed by atoms with E-state index >= 15 is 0 Å². The zero-order valence-corrected chi connectivity index (χ0v) is 11.8. The van der Waals surface area contributed by atoms with Crippen molar-refractivity contribution in [1.29, 1.82) is 0 Å². The third-order valence-electron chi connectivity index (χ3n) is 2.73. The molecule has 0 aromatic heterocycles. The molecule has 2 aromatic rings. The maximum atomic E-state index is 11.4. The van der Waals surface area contributed by atoms with Crippen LogP contribution in [0.1, 0.15) is 18.1 Å². The average molecular weight is 280 g/mol. The number of carbonyl (C=O) groups excluding carboxylic acids is 1. The molecule has 0 aliphatic rings. The van der Waals surface area contributed by atoms with Gasteiger partial charge in [-0.15, -0.1) is 0 Å². The van der Waals surface area contributed by atoms with Crippen LogP contribution < -0.4 is 0 Å². The summed E-state index contributed by atoms with van der Waals surface area (Å²) in [6.45, 7) is 4.94. The van der Waals surface area contributed by atoms with Gasteiger partial charge in [-0.2, -0.15) is 0 Å². The smallest absolute Gasteiger partial charge is 0.308 e. The second kappa shape index (κ2) is 7.10. The minimum atomic E-state index is -0.407. The van der Waals surface area contributed by atoms with Crippen LogP contribution in [0, 0.1) is 0 Å². The highest BCUT2D eigenvalue weighted by atomic mass is 16.6. The predicted octanol–water partition coefficient (Wildman–Crippen LogP) is 4.24. The molecule has 0 saturated carbocycles. The maximum absolute atomic E-state index is 11.4. The molecule has 0 fully saturated rings. The normalized spacial score (nSPS) is 11.3. The molecule has 0 spiro atoms. The quantitative estimate of drug-likeness (QED) is 0.467. The summed E-state index contributed by atoms with van der Waals surface area (Å²) in [5, 5.41) is 0. The first kappa shape index (κ1) is 14.6. The van der Waals surface area contributed by atoms with Gasteiger partial charge in [-0.05, 0) is 0 Å². The fraction of sp³-hybridized carbons (Fsp3) is 0.0556. The van der Waals surface area contributed by atoms with E-state index in [2.05, 4.69) is 6.58 Å². The first-order chi connectivity index (χ1) is 10.2. The van der Waals surface area contributed by atoms with Crippen molar-refractivity contribution in [2.75, 3.05) is 0 Å². The second-order valence-corrected chi connectivity index (χ2v) is 4.27. The summed E-state index contributed by atoms with van der Waals surface area (Å²) < 4.78 is 10.9. The molecule has 2 rings (SSSR count).